The minimum Gasteiger partial charge on any atom is -0.468 e. The van der Waals surface area contributed by atoms with Crippen LogP contribution < -0.4 is 0 Å². The van der Waals surface area contributed by atoms with Crippen molar-refractivity contribution in [2.45, 2.75) is 5.92 Å². The maximum atomic E-state index is 12.4. The average molecular weight is 317 g/mol. The van der Waals surface area contributed by atoms with Gasteiger partial charge in [0.1, 0.15) is 0 Å². The molecule has 0 saturated heterocycles. The molecule has 1 fully saturated rings. The summed E-state index contributed by atoms with van der Waals surface area (Å²) in [5, 5.41) is 9.65. The number of nitrogens with zero attached hydrogens (tertiary/aromatic N) is 1. The van der Waals surface area contributed by atoms with Crippen LogP contribution in [0.1, 0.15) is 11.5 Å². The van der Waals surface area contributed by atoms with Gasteiger partial charge in [-0.1, -0.05) is 30.3 Å². The van der Waals surface area contributed by atoms with Crippen LogP contribution in [0.5, 0.6) is 0 Å². The van der Waals surface area contributed by atoms with Gasteiger partial charge in [-0.2, -0.15) is 5.26 Å². The normalized spacial score (nSPS) is 24.0. The van der Waals surface area contributed by atoms with Crippen molar-refractivity contribution in [3.05, 3.63) is 35.9 Å². The number of nitriles is 1. The van der Waals surface area contributed by atoms with Gasteiger partial charge >= 0.3 is 17.9 Å². The summed E-state index contributed by atoms with van der Waals surface area (Å²) in [4.78, 5) is 37.1. The maximum Gasteiger partial charge on any atom is 0.328 e. The molecule has 1 aromatic carbocycles. The average Bonchev–Trinajstić information content (AvgIpc) is 3.25. The topological polar surface area (TPSA) is 103 Å². The molecule has 2 rings (SSSR count). The zero-order valence-corrected chi connectivity index (χ0v) is 12.9. The molecule has 0 amide bonds. The summed E-state index contributed by atoms with van der Waals surface area (Å²) in [6.07, 6.45) is 0. The molecule has 0 heterocycles. The molecular weight excluding hydrogens is 302 g/mol. The Hall–Kier alpha value is -2.88. The third-order valence-electron chi connectivity index (χ3n) is 4.24. The molecule has 1 aromatic rings. The highest BCUT2D eigenvalue weighted by Gasteiger charge is 2.92. The Morgan fingerprint density at radius 3 is 1.83 bits per heavy atom. The molecular formula is C16H15NO6. The van der Waals surface area contributed by atoms with Crippen LogP contribution in [0.3, 0.4) is 0 Å². The van der Waals surface area contributed by atoms with Crippen LogP contribution in [-0.4, -0.2) is 39.2 Å². The van der Waals surface area contributed by atoms with Gasteiger partial charge < -0.3 is 14.2 Å². The van der Waals surface area contributed by atoms with Crippen LogP contribution in [0, 0.1) is 22.2 Å². The molecule has 0 bridgehead atoms. The predicted octanol–water partition coefficient (Wildman–Crippen LogP) is 0.799. The Labute approximate surface area is 132 Å². The maximum absolute atomic E-state index is 12.4. The highest BCUT2D eigenvalue weighted by Crippen LogP contribution is 2.75. The largest absolute Gasteiger partial charge is 0.468 e. The number of rotatable bonds is 4. The van der Waals surface area contributed by atoms with E-state index in [0.29, 0.717) is 5.56 Å². The zero-order chi connectivity index (χ0) is 17.3. The summed E-state index contributed by atoms with van der Waals surface area (Å²) in [7, 11) is 3.24. The van der Waals surface area contributed by atoms with Gasteiger partial charge in [-0.05, 0) is 5.56 Å². The number of hydrogen-bond acceptors (Lipinski definition) is 7. The van der Waals surface area contributed by atoms with Crippen molar-refractivity contribution in [3.63, 3.8) is 0 Å². The van der Waals surface area contributed by atoms with Crippen LogP contribution >= 0.6 is 0 Å². The van der Waals surface area contributed by atoms with Gasteiger partial charge in [0, 0.05) is 5.92 Å². The molecule has 2 atom stereocenters. The smallest absolute Gasteiger partial charge is 0.328 e. The second kappa shape index (κ2) is 5.72. The van der Waals surface area contributed by atoms with E-state index in [4.69, 9.17) is 9.47 Å². The van der Waals surface area contributed by atoms with E-state index >= 15 is 0 Å². The Balaban J connectivity index is 2.75. The fourth-order valence-electron chi connectivity index (χ4n) is 3.22. The molecule has 0 aromatic heterocycles. The lowest BCUT2D eigenvalue weighted by atomic mass is 9.93. The summed E-state index contributed by atoms with van der Waals surface area (Å²) in [5.74, 6) is -4.05. The van der Waals surface area contributed by atoms with Gasteiger partial charge in [0.25, 0.3) is 0 Å². The number of hydrogen-bond donors (Lipinski definition) is 0. The Morgan fingerprint density at radius 2 is 1.43 bits per heavy atom. The number of methoxy groups -OCH3 is 3. The molecule has 1 saturated carbocycles. The van der Waals surface area contributed by atoms with Crippen molar-refractivity contribution in [2.75, 3.05) is 21.3 Å². The Bertz CT molecular complexity index is 676. The summed E-state index contributed by atoms with van der Waals surface area (Å²) < 4.78 is 14.1. The lowest BCUT2D eigenvalue weighted by molar-refractivity contribution is -0.167. The molecule has 0 spiro atoms. The summed E-state index contributed by atoms with van der Waals surface area (Å²) in [5.41, 5.74) is -3.64. The summed E-state index contributed by atoms with van der Waals surface area (Å²) >= 11 is 0. The fraction of sp³-hybridized carbons (Fsp3) is 0.375. The highest BCUT2D eigenvalue weighted by atomic mass is 16.6. The van der Waals surface area contributed by atoms with E-state index in [1.54, 1.807) is 36.4 Å². The van der Waals surface area contributed by atoms with E-state index in [9.17, 15) is 19.6 Å². The second-order valence-electron chi connectivity index (χ2n) is 5.05. The van der Waals surface area contributed by atoms with Gasteiger partial charge in [0.05, 0.1) is 27.4 Å². The van der Waals surface area contributed by atoms with Crippen LogP contribution in [0.25, 0.3) is 0 Å². The van der Waals surface area contributed by atoms with E-state index in [1.165, 1.54) is 0 Å². The number of benzene rings is 1. The van der Waals surface area contributed by atoms with Crippen LogP contribution in [0.4, 0.5) is 0 Å². The quantitative estimate of drug-likeness (QED) is 0.459. The molecule has 120 valence electrons. The first kappa shape index (κ1) is 16.5. The number of ether oxygens (including phenoxy) is 3. The molecule has 0 N–H and O–H groups in total. The number of esters is 3. The van der Waals surface area contributed by atoms with Gasteiger partial charge in [-0.15, -0.1) is 0 Å². The Kier molecular flexibility index (Phi) is 4.10. The Morgan fingerprint density at radius 1 is 0.957 bits per heavy atom. The molecule has 7 nitrogen and oxygen atoms in total. The first-order valence-electron chi connectivity index (χ1n) is 6.70. The molecule has 0 unspecified atom stereocenters. The van der Waals surface area contributed by atoms with Crippen molar-refractivity contribution in [1.29, 1.82) is 5.26 Å². The lowest BCUT2D eigenvalue weighted by Crippen LogP contribution is -2.37. The minimum atomic E-state index is -2.08. The number of carbonyl (C=O) groups is 3. The first-order chi connectivity index (χ1) is 11.0. The SMILES string of the molecule is COC(=O)C1(C(=O)OC)[C@H](c2ccccc2)[C@]1(C#N)C(=O)OC. The third kappa shape index (κ3) is 1.84. The first-order valence-corrected chi connectivity index (χ1v) is 6.70. The van der Waals surface area contributed by atoms with Crippen LogP contribution in [0.15, 0.2) is 30.3 Å². The zero-order valence-electron chi connectivity index (χ0n) is 12.9. The summed E-state index contributed by atoms with van der Waals surface area (Å²) in [6, 6.07) is 10.1. The molecule has 23 heavy (non-hydrogen) atoms. The third-order valence-corrected chi connectivity index (χ3v) is 4.24. The minimum absolute atomic E-state index is 0.468. The summed E-state index contributed by atoms with van der Waals surface area (Å²) in [6.45, 7) is 0. The van der Waals surface area contributed by atoms with Crippen molar-refractivity contribution >= 4 is 17.9 Å². The molecule has 0 aliphatic heterocycles. The van der Waals surface area contributed by atoms with Gasteiger partial charge in [-0.25, -0.2) is 0 Å². The van der Waals surface area contributed by atoms with E-state index in [2.05, 4.69) is 4.74 Å². The molecule has 1 aliphatic rings. The van der Waals surface area contributed by atoms with Gasteiger partial charge in [0.2, 0.25) is 5.41 Å². The molecule has 7 heteroatoms. The fourth-order valence-corrected chi connectivity index (χ4v) is 3.22. The van der Waals surface area contributed by atoms with Crippen molar-refractivity contribution in [2.24, 2.45) is 10.8 Å². The van der Waals surface area contributed by atoms with E-state index < -0.39 is 34.7 Å². The van der Waals surface area contributed by atoms with Crippen molar-refractivity contribution < 1.29 is 28.6 Å². The molecule has 1 aliphatic carbocycles. The monoisotopic (exact) mass is 317 g/mol. The van der Waals surface area contributed by atoms with Crippen molar-refractivity contribution in [1.82, 2.24) is 0 Å². The number of carbonyl (C=O) groups excluding carboxylic acids is 3. The van der Waals surface area contributed by atoms with Crippen LogP contribution in [0.2, 0.25) is 0 Å². The van der Waals surface area contributed by atoms with E-state index in [1.807, 2.05) is 0 Å². The van der Waals surface area contributed by atoms with Crippen LogP contribution in [-0.2, 0) is 28.6 Å². The predicted molar refractivity (Wildman–Crippen MR) is 75.7 cm³/mol. The van der Waals surface area contributed by atoms with E-state index in [0.717, 1.165) is 21.3 Å². The standard InChI is InChI=1S/C16H15NO6/c1-21-12(18)15(9-17)11(10-7-5-4-6-8-10)16(15,13(19)22-2)14(20)23-3/h4-8,11H,1-3H3/t11-,15-/m1/s1. The van der Waals surface area contributed by atoms with Gasteiger partial charge in [0.15, 0.2) is 5.41 Å². The molecule has 0 radical (unpaired) electrons. The van der Waals surface area contributed by atoms with Crippen molar-refractivity contribution in [3.8, 4) is 6.07 Å². The van der Waals surface area contributed by atoms with Gasteiger partial charge in [-0.3, -0.25) is 14.4 Å². The lowest BCUT2D eigenvalue weighted by Gasteiger charge is -2.14. The van der Waals surface area contributed by atoms with E-state index in [-0.39, 0.29) is 0 Å². The highest BCUT2D eigenvalue weighted by molar-refractivity contribution is 6.15. The second-order valence-corrected chi connectivity index (χ2v) is 5.05.